The Labute approximate surface area is 152 Å². The number of hydrogen-bond acceptors (Lipinski definition) is 6. The summed E-state index contributed by atoms with van der Waals surface area (Å²) in [4.78, 5) is 37.1. The average Bonchev–Trinajstić information content (AvgIpc) is 3.19. The van der Waals surface area contributed by atoms with Crippen molar-refractivity contribution in [3.63, 3.8) is 0 Å². The number of halogens is 1. The molecule has 1 fully saturated rings. The molecule has 0 N–H and O–H groups in total. The molecule has 1 atom stereocenters. The minimum Gasteiger partial charge on any atom is -0.467 e. The average molecular weight is 375 g/mol. The van der Waals surface area contributed by atoms with Gasteiger partial charge in [0.1, 0.15) is 23.4 Å². The SMILES string of the molecule is COC(=O)[C@H](C)N1C(=O)S/C(=C/c2ccc(-c3ccc(F)cc3)o2)C1=O. The molecule has 8 heteroatoms. The molecular weight excluding hydrogens is 361 g/mol. The van der Waals surface area contributed by atoms with Gasteiger partial charge in [0.15, 0.2) is 0 Å². The van der Waals surface area contributed by atoms with Gasteiger partial charge >= 0.3 is 5.97 Å². The van der Waals surface area contributed by atoms with Crippen LogP contribution in [0.4, 0.5) is 9.18 Å². The minimum absolute atomic E-state index is 0.144. The molecule has 2 heterocycles. The molecule has 2 amide bonds. The molecule has 0 bridgehead atoms. The van der Waals surface area contributed by atoms with Crippen molar-refractivity contribution in [1.82, 2.24) is 4.90 Å². The van der Waals surface area contributed by atoms with Crippen molar-refractivity contribution in [1.29, 1.82) is 0 Å². The highest BCUT2D eigenvalue weighted by atomic mass is 32.2. The summed E-state index contributed by atoms with van der Waals surface area (Å²) in [5.41, 5.74) is 0.679. The fraction of sp³-hybridized carbons (Fsp3) is 0.167. The Kier molecular flexibility index (Phi) is 4.94. The first kappa shape index (κ1) is 17.9. The predicted octanol–water partition coefficient (Wildman–Crippen LogP) is 3.68. The van der Waals surface area contributed by atoms with E-state index in [1.165, 1.54) is 32.2 Å². The molecule has 0 aliphatic carbocycles. The number of carbonyl (C=O) groups is 3. The first-order valence-corrected chi connectivity index (χ1v) is 8.43. The first-order valence-electron chi connectivity index (χ1n) is 7.61. The second-order valence-electron chi connectivity index (χ2n) is 5.46. The van der Waals surface area contributed by atoms with E-state index in [0.717, 1.165) is 16.7 Å². The lowest BCUT2D eigenvalue weighted by atomic mass is 10.2. The lowest BCUT2D eigenvalue weighted by Gasteiger charge is -2.18. The van der Waals surface area contributed by atoms with Crippen molar-refractivity contribution in [2.24, 2.45) is 0 Å². The molecule has 3 rings (SSSR count). The Hall–Kier alpha value is -2.87. The van der Waals surface area contributed by atoms with Gasteiger partial charge in [-0.15, -0.1) is 0 Å². The maximum absolute atomic E-state index is 13.0. The normalized spacial score (nSPS) is 17.0. The molecule has 2 aromatic rings. The van der Waals surface area contributed by atoms with E-state index in [1.807, 2.05) is 0 Å². The molecule has 1 aliphatic heterocycles. The van der Waals surface area contributed by atoms with Gasteiger partial charge in [0, 0.05) is 11.6 Å². The van der Waals surface area contributed by atoms with Gasteiger partial charge in [-0.3, -0.25) is 14.5 Å². The fourth-order valence-corrected chi connectivity index (χ4v) is 3.31. The van der Waals surface area contributed by atoms with Crippen molar-refractivity contribution < 1.29 is 27.9 Å². The zero-order chi connectivity index (χ0) is 18.8. The van der Waals surface area contributed by atoms with Crippen LogP contribution in [0.1, 0.15) is 12.7 Å². The van der Waals surface area contributed by atoms with Crippen LogP contribution in [0.5, 0.6) is 0 Å². The Bertz CT molecular complexity index is 903. The summed E-state index contributed by atoms with van der Waals surface area (Å²) in [6.07, 6.45) is 1.43. The summed E-state index contributed by atoms with van der Waals surface area (Å²) in [6, 6.07) is 8.09. The van der Waals surface area contributed by atoms with Crippen LogP contribution in [0.3, 0.4) is 0 Å². The summed E-state index contributed by atoms with van der Waals surface area (Å²) in [5, 5.41) is -0.551. The van der Waals surface area contributed by atoms with Gasteiger partial charge in [-0.1, -0.05) is 0 Å². The predicted molar refractivity (Wildman–Crippen MR) is 93.4 cm³/mol. The van der Waals surface area contributed by atoms with E-state index in [9.17, 15) is 18.8 Å². The summed E-state index contributed by atoms with van der Waals surface area (Å²) in [5.74, 6) is -0.754. The number of esters is 1. The van der Waals surface area contributed by atoms with Crippen molar-refractivity contribution >= 4 is 35.0 Å². The molecular formula is C18H14FNO5S. The zero-order valence-electron chi connectivity index (χ0n) is 13.9. The third-order valence-corrected chi connectivity index (χ3v) is 4.67. The lowest BCUT2D eigenvalue weighted by molar-refractivity contribution is -0.148. The van der Waals surface area contributed by atoms with Gasteiger partial charge in [0.05, 0.1) is 12.0 Å². The van der Waals surface area contributed by atoms with Crippen LogP contribution < -0.4 is 0 Å². The molecule has 0 spiro atoms. The quantitative estimate of drug-likeness (QED) is 0.599. The summed E-state index contributed by atoms with van der Waals surface area (Å²) < 4.78 is 23.2. The number of imide groups is 1. The number of thioether (sulfide) groups is 1. The van der Waals surface area contributed by atoms with Gasteiger partial charge < -0.3 is 9.15 Å². The number of furan rings is 1. The second-order valence-corrected chi connectivity index (χ2v) is 6.45. The molecule has 134 valence electrons. The molecule has 26 heavy (non-hydrogen) atoms. The zero-order valence-corrected chi connectivity index (χ0v) is 14.7. The number of benzene rings is 1. The number of carbonyl (C=O) groups excluding carboxylic acids is 3. The largest absolute Gasteiger partial charge is 0.467 e. The Balaban J connectivity index is 1.83. The van der Waals surface area contributed by atoms with Crippen molar-refractivity contribution in [3.05, 3.63) is 52.9 Å². The van der Waals surface area contributed by atoms with E-state index >= 15 is 0 Å². The van der Waals surface area contributed by atoms with E-state index in [1.54, 1.807) is 24.3 Å². The molecule has 1 aliphatic rings. The van der Waals surface area contributed by atoms with Crippen LogP contribution in [0.2, 0.25) is 0 Å². The van der Waals surface area contributed by atoms with Gasteiger partial charge in [-0.25, -0.2) is 9.18 Å². The summed E-state index contributed by atoms with van der Waals surface area (Å²) in [7, 11) is 1.19. The van der Waals surface area contributed by atoms with E-state index in [4.69, 9.17) is 4.42 Å². The van der Waals surface area contributed by atoms with Crippen LogP contribution >= 0.6 is 11.8 Å². The highest BCUT2D eigenvalue weighted by molar-refractivity contribution is 8.18. The Morgan fingerprint density at radius 3 is 2.58 bits per heavy atom. The number of nitrogens with zero attached hydrogens (tertiary/aromatic N) is 1. The topological polar surface area (TPSA) is 76.8 Å². The van der Waals surface area contributed by atoms with E-state index in [-0.39, 0.29) is 10.7 Å². The molecule has 1 aromatic carbocycles. The monoisotopic (exact) mass is 375 g/mol. The number of amides is 2. The van der Waals surface area contributed by atoms with Gasteiger partial charge in [0.25, 0.3) is 11.1 Å². The van der Waals surface area contributed by atoms with E-state index in [0.29, 0.717) is 17.1 Å². The molecule has 0 unspecified atom stereocenters. The molecule has 0 radical (unpaired) electrons. The van der Waals surface area contributed by atoms with Crippen LogP contribution in [-0.2, 0) is 14.3 Å². The highest BCUT2D eigenvalue weighted by Crippen LogP contribution is 2.34. The van der Waals surface area contributed by atoms with Crippen LogP contribution in [0.15, 0.2) is 45.7 Å². The maximum atomic E-state index is 13.0. The smallest absolute Gasteiger partial charge is 0.328 e. The van der Waals surface area contributed by atoms with E-state index < -0.39 is 23.2 Å². The van der Waals surface area contributed by atoms with Gasteiger partial charge in [-0.2, -0.15) is 0 Å². The maximum Gasteiger partial charge on any atom is 0.328 e. The van der Waals surface area contributed by atoms with Crippen LogP contribution in [0, 0.1) is 5.82 Å². The van der Waals surface area contributed by atoms with Crippen molar-refractivity contribution in [3.8, 4) is 11.3 Å². The minimum atomic E-state index is -1.01. The fourth-order valence-electron chi connectivity index (χ4n) is 2.42. The Morgan fingerprint density at radius 2 is 1.92 bits per heavy atom. The van der Waals surface area contributed by atoms with Crippen molar-refractivity contribution in [2.75, 3.05) is 7.11 Å². The standard InChI is InChI=1S/C18H14FNO5S/c1-10(17(22)24-2)20-16(21)15(26-18(20)23)9-13-7-8-14(25-13)11-3-5-12(19)6-4-11/h3-10H,1-2H3/b15-9+/t10-/m0/s1. The highest BCUT2D eigenvalue weighted by Gasteiger charge is 2.41. The first-order chi connectivity index (χ1) is 12.4. The number of rotatable bonds is 4. The number of ether oxygens (including phenoxy) is 1. The summed E-state index contributed by atoms with van der Waals surface area (Å²) >= 11 is 0.721. The van der Waals surface area contributed by atoms with Crippen LogP contribution in [-0.4, -0.2) is 35.2 Å². The molecule has 6 nitrogen and oxygen atoms in total. The third kappa shape index (κ3) is 3.41. The van der Waals surface area contributed by atoms with Crippen LogP contribution in [0.25, 0.3) is 17.4 Å². The second kappa shape index (κ2) is 7.17. The van der Waals surface area contributed by atoms with Gasteiger partial charge in [-0.05, 0) is 55.1 Å². The summed E-state index contributed by atoms with van der Waals surface area (Å²) in [6.45, 7) is 1.42. The molecule has 1 aromatic heterocycles. The van der Waals surface area contributed by atoms with Crippen molar-refractivity contribution in [2.45, 2.75) is 13.0 Å². The number of hydrogen-bond donors (Lipinski definition) is 0. The lowest BCUT2D eigenvalue weighted by Crippen LogP contribution is -2.42. The Morgan fingerprint density at radius 1 is 1.23 bits per heavy atom. The third-order valence-electron chi connectivity index (χ3n) is 3.78. The van der Waals surface area contributed by atoms with E-state index in [2.05, 4.69) is 4.74 Å². The molecule has 0 saturated carbocycles. The van der Waals surface area contributed by atoms with Gasteiger partial charge in [0.2, 0.25) is 0 Å². The number of methoxy groups -OCH3 is 1. The molecule has 1 saturated heterocycles.